The molecule has 268 valence electrons. The van der Waals surface area contributed by atoms with Crippen molar-refractivity contribution in [2.45, 2.75) is 76.2 Å². The number of ether oxygens (including phenoxy) is 1. The average Bonchev–Trinajstić information content (AvgIpc) is 3.87. The van der Waals surface area contributed by atoms with Crippen molar-refractivity contribution in [2.75, 3.05) is 62.4 Å². The monoisotopic (exact) mass is 733 g/mol. The summed E-state index contributed by atoms with van der Waals surface area (Å²) in [5.74, 6) is 1.68. The van der Waals surface area contributed by atoms with Crippen LogP contribution < -0.4 is 26.0 Å². The molecule has 0 radical (unpaired) electrons. The van der Waals surface area contributed by atoms with Crippen LogP contribution in [0.15, 0.2) is 9.98 Å². The van der Waals surface area contributed by atoms with Gasteiger partial charge in [-0.3, -0.25) is 14.6 Å². The van der Waals surface area contributed by atoms with Crippen molar-refractivity contribution in [1.82, 2.24) is 24.6 Å². The Morgan fingerprint density at radius 3 is 2.53 bits per heavy atom. The molecule has 51 heavy (non-hydrogen) atoms. The maximum atomic E-state index is 12.6. The number of amidine groups is 2. The highest BCUT2D eigenvalue weighted by Gasteiger charge is 2.52. The van der Waals surface area contributed by atoms with Crippen molar-refractivity contribution in [3.05, 3.63) is 38.0 Å². The molecule has 3 aromatic rings. The van der Waals surface area contributed by atoms with E-state index in [-0.39, 0.29) is 11.4 Å². The molecule has 3 aromatic heterocycles. The molecular weight excluding hydrogens is 693 g/mol. The summed E-state index contributed by atoms with van der Waals surface area (Å²) in [5, 5.41) is 25.9. The molecule has 1 spiro atoms. The Balaban J connectivity index is 0.000000389. The number of aromatic nitrogens is 4. The van der Waals surface area contributed by atoms with Crippen molar-refractivity contribution < 1.29 is 9.13 Å². The number of alkyl halides is 1. The molecular formula is C34H41ClFN13OS. The van der Waals surface area contributed by atoms with Crippen LogP contribution >= 0.6 is 22.9 Å². The molecule has 4 N–H and O–H groups in total. The minimum atomic E-state index is -0.518. The van der Waals surface area contributed by atoms with Crippen LogP contribution in [0, 0.1) is 22.7 Å². The molecule has 1 aliphatic carbocycles. The van der Waals surface area contributed by atoms with E-state index < -0.39 is 6.17 Å². The third-order valence-electron chi connectivity index (χ3n) is 10.5. The van der Waals surface area contributed by atoms with E-state index in [2.05, 4.69) is 47.0 Å². The van der Waals surface area contributed by atoms with E-state index in [1.54, 1.807) is 14.0 Å². The minimum Gasteiger partial charge on any atom is -0.467 e. The first kappa shape index (κ1) is 34.9. The van der Waals surface area contributed by atoms with Gasteiger partial charge in [-0.15, -0.1) is 11.3 Å². The van der Waals surface area contributed by atoms with Crippen molar-refractivity contribution in [3.63, 3.8) is 0 Å². The third-order valence-corrected chi connectivity index (χ3v) is 12.0. The maximum Gasteiger partial charge on any atom is 0.320 e. The molecule has 7 heterocycles. The number of thiophene rings is 1. The van der Waals surface area contributed by atoms with Gasteiger partial charge in [0.2, 0.25) is 0 Å². The quantitative estimate of drug-likeness (QED) is 0.294. The Morgan fingerprint density at radius 2 is 1.86 bits per heavy atom. The van der Waals surface area contributed by atoms with Crippen LogP contribution in [0.2, 0.25) is 5.02 Å². The predicted octanol–water partition coefficient (Wildman–Crippen LogP) is 3.78. The first-order valence-electron chi connectivity index (χ1n) is 17.2. The Kier molecular flexibility index (Phi) is 9.52. The predicted molar refractivity (Wildman–Crippen MR) is 196 cm³/mol. The second-order valence-electron chi connectivity index (χ2n) is 13.8. The van der Waals surface area contributed by atoms with Crippen LogP contribution in [0.4, 0.5) is 21.0 Å². The molecule has 3 fully saturated rings. The summed E-state index contributed by atoms with van der Waals surface area (Å²) < 4.78 is 20.0. The molecule has 8 rings (SSSR count). The molecule has 5 aliphatic rings. The molecule has 17 heteroatoms. The van der Waals surface area contributed by atoms with Crippen LogP contribution in [-0.2, 0) is 24.9 Å². The van der Waals surface area contributed by atoms with Gasteiger partial charge in [0.15, 0.2) is 17.5 Å². The maximum absolute atomic E-state index is 12.6. The van der Waals surface area contributed by atoms with E-state index in [0.29, 0.717) is 95.5 Å². The van der Waals surface area contributed by atoms with Crippen LogP contribution in [0.1, 0.15) is 72.0 Å². The molecule has 0 aromatic carbocycles. The summed E-state index contributed by atoms with van der Waals surface area (Å²) in [7, 11) is 3.12. The summed E-state index contributed by atoms with van der Waals surface area (Å²) in [6.07, 6.45) is 5.38. The number of hydrogen-bond donors (Lipinski definition) is 2. The van der Waals surface area contributed by atoms with Crippen molar-refractivity contribution in [1.29, 1.82) is 10.5 Å². The number of hydrogen-bond acceptors (Lipinski definition) is 12. The lowest BCUT2D eigenvalue weighted by atomic mass is 9.74. The Labute approximate surface area is 305 Å². The first-order chi connectivity index (χ1) is 24.6. The topological polar surface area (TPSA) is 187 Å². The third kappa shape index (κ3) is 6.23. The highest BCUT2D eigenvalue weighted by atomic mass is 35.5. The summed E-state index contributed by atoms with van der Waals surface area (Å²) in [5.41, 5.74) is 15.0. The highest BCUT2D eigenvalue weighted by Crippen LogP contribution is 2.53. The first-order valence-corrected chi connectivity index (χ1v) is 18.4. The Bertz CT molecular complexity index is 1970. The van der Waals surface area contributed by atoms with Crippen molar-refractivity contribution in [3.8, 4) is 18.1 Å². The van der Waals surface area contributed by atoms with Gasteiger partial charge < -0.3 is 26.0 Å². The summed E-state index contributed by atoms with van der Waals surface area (Å²) in [6.45, 7) is 6.38. The van der Waals surface area contributed by atoms with Crippen LogP contribution in [0.25, 0.3) is 0 Å². The molecule has 3 saturated heterocycles. The lowest BCUT2D eigenvalue weighted by molar-refractivity contribution is 0.292. The Hall–Kier alpha value is -4.51. The fourth-order valence-electron chi connectivity index (χ4n) is 8.25. The number of halogens is 2. The second kappa shape index (κ2) is 13.9. The fourth-order valence-corrected chi connectivity index (χ4v) is 9.67. The zero-order valence-corrected chi connectivity index (χ0v) is 30.6. The number of aryl methyl sites for hydroxylation is 2. The van der Waals surface area contributed by atoms with Gasteiger partial charge in [0.05, 0.1) is 35.8 Å². The van der Waals surface area contributed by atoms with Crippen molar-refractivity contribution >= 4 is 51.2 Å². The van der Waals surface area contributed by atoms with Gasteiger partial charge in [0, 0.05) is 56.1 Å². The lowest BCUT2D eigenvalue weighted by Gasteiger charge is -2.49. The highest BCUT2D eigenvalue weighted by molar-refractivity contribution is 7.16. The smallest absolute Gasteiger partial charge is 0.320 e. The number of nitrogens with zero attached hydrogens (tertiary/aromatic N) is 11. The zero-order chi connectivity index (χ0) is 36.0. The number of rotatable bonds is 4. The van der Waals surface area contributed by atoms with E-state index in [4.69, 9.17) is 27.8 Å². The lowest BCUT2D eigenvalue weighted by Crippen LogP contribution is -2.59. The summed E-state index contributed by atoms with van der Waals surface area (Å²) in [4.78, 5) is 25.3. The van der Waals surface area contributed by atoms with Gasteiger partial charge in [-0.2, -0.15) is 25.6 Å². The average molecular weight is 734 g/mol. The molecule has 0 bridgehead atoms. The van der Waals surface area contributed by atoms with Crippen LogP contribution in [0.5, 0.6) is 6.01 Å². The van der Waals surface area contributed by atoms with E-state index in [9.17, 15) is 14.9 Å². The number of nitriles is 2. The fraction of sp³-hybridized carbons (Fsp3) is 0.559. The summed E-state index contributed by atoms with van der Waals surface area (Å²) in [6, 6.07) is 5.45. The van der Waals surface area contributed by atoms with Crippen LogP contribution in [0.3, 0.4) is 0 Å². The number of nitrogens with two attached hydrogens (primary N) is 2. The Morgan fingerprint density at radius 1 is 1.12 bits per heavy atom. The van der Waals surface area contributed by atoms with Gasteiger partial charge in [-0.1, -0.05) is 11.6 Å². The normalized spacial score (nSPS) is 22.3. The van der Waals surface area contributed by atoms with Gasteiger partial charge in [0.1, 0.15) is 34.6 Å². The zero-order valence-electron chi connectivity index (χ0n) is 29.0. The van der Waals surface area contributed by atoms with E-state index in [1.165, 1.54) is 36.2 Å². The van der Waals surface area contributed by atoms with Crippen LogP contribution in [-0.4, -0.2) is 95.4 Å². The van der Waals surface area contributed by atoms with Gasteiger partial charge >= 0.3 is 6.01 Å². The van der Waals surface area contributed by atoms with E-state index in [1.807, 2.05) is 9.58 Å². The minimum absolute atomic E-state index is 0.169. The van der Waals surface area contributed by atoms with Crippen molar-refractivity contribution in [2.24, 2.45) is 15.7 Å². The van der Waals surface area contributed by atoms with Gasteiger partial charge in [-0.25, -0.2) is 9.38 Å². The van der Waals surface area contributed by atoms with Gasteiger partial charge in [0.25, 0.3) is 0 Å². The number of fused-ring (bicyclic) bond motifs is 4. The number of methoxy groups -OCH3 is 1. The molecule has 0 amide bonds. The van der Waals surface area contributed by atoms with E-state index >= 15 is 0 Å². The van der Waals surface area contributed by atoms with Gasteiger partial charge in [-0.05, 0) is 57.6 Å². The molecule has 2 unspecified atom stereocenters. The standard InChI is InChI=1S/C27H29ClN12OS.C7H12FN/c1-14(31)34-23(33-2)21-20(28)17-11-38(7-4-8-40(17)37-21)24-16(10-30)25(36-26(35-24)41-3)39-12-27(13-39)6-5-18-19(27)15(9-29)22(32)42-18;8-6-4-7-2-1-3-9(7)5-6/h4-8,11-13,32H2,1-3H3,(H2,31,33,34);6-7H,1-5H2. The number of anilines is 3. The molecule has 4 aliphatic heterocycles. The molecule has 2 atom stereocenters. The number of aliphatic imine (C=N–C) groups is 2. The molecule has 14 nitrogen and oxygen atoms in total. The molecule has 0 saturated carbocycles. The SMILES string of the molecule is CN=C(N=C(C)N)c1nn2c(c1Cl)CN(c1nc(OC)nc(N3CC4(CCc5sc(N)c(C#N)c54)C3)c1C#N)CCC2.FC1CC2CCCN2C1. The van der Waals surface area contributed by atoms with E-state index in [0.717, 1.165) is 43.5 Å². The summed E-state index contributed by atoms with van der Waals surface area (Å²) >= 11 is 8.35. The largest absolute Gasteiger partial charge is 0.467 e. The number of nitrogen functional groups attached to an aromatic ring is 1. The second-order valence-corrected chi connectivity index (χ2v) is 15.3.